The summed E-state index contributed by atoms with van der Waals surface area (Å²) < 4.78 is 0. The van der Waals surface area contributed by atoms with Crippen LogP contribution in [-0.4, -0.2) is 0 Å². The van der Waals surface area contributed by atoms with Gasteiger partial charge in [-0.05, 0) is 20.3 Å². The smallest absolute Gasteiger partial charge is 0.0158 e. The molecule has 0 N–H and O–H groups in total. The summed E-state index contributed by atoms with van der Waals surface area (Å²) in [5.74, 6) is 0. The molecular formula is C9H16. The van der Waals surface area contributed by atoms with Crippen molar-refractivity contribution in [2.45, 2.75) is 34.1 Å². The van der Waals surface area contributed by atoms with Crippen LogP contribution < -0.4 is 0 Å². The van der Waals surface area contributed by atoms with Crippen molar-refractivity contribution in [3.05, 3.63) is 23.3 Å². The largest absolute Gasteiger partial charge is 0.0775 e. The van der Waals surface area contributed by atoms with Gasteiger partial charge in [-0.25, -0.2) is 0 Å². The molecule has 0 radical (unpaired) electrons. The summed E-state index contributed by atoms with van der Waals surface area (Å²) in [6, 6.07) is 0. The molecule has 0 aromatic heterocycles. The lowest BCUT2D eigenvalue weighted by Crippen LogP contribution is -1.67. The Bertz CT molecular complexity index is 111. The van der Waals surface area contributed by atoms with Crippen LogP contribution in [0.15, 0.2) is 23.3 Å². The van der Waals surface area contributed by atoms with E-state index in [1.54, 1.807) is 0 Å². The number of hydrogen-bond acceptors (Lipinski definition) is 0. The molecule has 9 heavy (non-hydrogen) atoms. The summed E-state index contributed by atoms with van der Waals surface area (Å²) in [7, 11) is 0. The SMILES string of the molecule is CC.CC1=CCC=C1C. The van der Waals surface area contributed by atoms with Gasteiger partial charge in [-0.2, -0.15) is 0 Å². The Kier molecular flexibility index (Phi) is 4.12. The monoisotopic (exact) mass is 124 g/mol. The summed E-state index contributed by atoms with van der Waals surface area (Å²) in [5, 5.41) is 0. The Morgan fingerprint density at radius 2 is 1.33 bits per heavy atom. The van der Waals surface area contributed by atoms with Crippen molar-refractivity contribution in [1.82, 2.24) is 0 Å². The fourth-order valence-corrected chi connectivity index (χ4v) is 0.734. The second-order valence-corrected chi connectivity index (χ2v) is 2.01. The van der Waals surface area contributed by atoms with Crippen LogP contribution >= 0.6 is 0 Å². The molecule has 0 atom stereocenters. The predicted molar refractivity (Wildman–Crippen MR) is 43.5 cm³/mol. The molecule has 0 nitrogen and oxygen atoms in total. The van der Waals surface area contributed by atoms with Crippen LogP contribution in [0.3, 0.4) is 0 Å². The molecule has 1 aliphatic rings. The van der Waals surface area contributed by atoms with E-state index in [1.807, 2.05) is 13.8 Å². The average Bonchev–Trinajstić information content (AvgIpc) is 2.23. The molecule has 52 valence electrons. The summed E-state index contributed by atoms with van der Waals surface area (Å²) >= 11 is 0. The highest BCUT2D eigenvalue weighted by atomic mass is 14.0. The van der Waals surface area contributed by atoms with Crippen molar-refractivity contribution in [1.29, 1.82) is 0 Å². The summed E-state index contributed by atoms with van der Waals surface area (Å²) in [4.78, 5) is 0. The first-order chi connectivity index (χ1) is 4.30. The Morgan fingerprint density at radius 1 is 1.00 bits per heavy atom. The van der Waals surface area contributed by atoms with Crippen molar-refractivity contribution >= 4 is 0 Å². The molecule has 0 saturated carbocycles. The third-order valence-corrected chi connectivity index (χ3v) is 1.47. The molecule has 0 bridgehead atoms. The van der Waals surface area contributed by atoms with Gasteiger partial charge < -0.3 is 0 Å². The first kappa shape index (κ1) is 8.48. The number of rotatable bonds is 0. The van der Waals surface area contributed by atoms with Gasteiger partial charge in [-0.15, -0.1) is 0 Å². The maximum atomic E-state index is 2.25. The molecule has 0 aliphatic heterocycles. The van der Waals surface area contributed by atoms with E-state index in [1.165, 1.54) is 11.1 Å². The van der Waals surface area contributed by atoms with E-state index in [9.17, 15) is 0 Å². The highest BCUT2D eigenvalue weighted by Gasteiger charge is 1.95. The molecule has 0 aromatic rings. The summed E-state index contributed by atoms with van der Waals surface area (Å²) in [6.07, 6.45) is 5.64. The van der Waals surface area contributed by atoms with Crippen LogP contribution in [0, 0.1) is 0 Å². The van der Waals surface area contributed by atoms with Gasteiger partial charge in [0.2, 0.25) is 0 Å². The number of hydrogen-bond donors (Lipinski definition) is 0. The van der Waals surface area contributed by atoms with Crippen LogP contribution in [-0.2, 0) is 0 Å². The Morgan fingerprint density at radius 3 is 1.44 bits per heavy atom. The lowest BCUT2D eigenvalue weighted by atomic mass is 10.2. The van der Waals surface area contributed by atoms with Crippen LogP contribution in [0.4, 0.5) is 0 Å². The zero-order valence-electron chi connectivity index (χ0n) is 6.86. The van der Waals surface area contributed by atoms with Crippen molar-refractivity contribution in [3.63, 3.8) is 0 Å². The minimum atomic E-state index is 1.15. The van der Waals surface area contributed by atoms with Gasteiger partial charge in [0, 0.05) is 0 Å². The highest BCUT2D eigenvalue weighted by molar-refractivity contribution is 5.33. The summed E-state index contributed by atoms with van der Waals surface area (Å²) in [5.41, 5.74) is 2.89. The minimum absolute atomic E-state index is 1.15. The van der Waals surface area contributed by atoms with Crippen molar-refractivity contribution in [3.8, 4) is 0 Å². The molecule has 0 saturated heterocycles. The first-order valence-corrected chi connectivity index (χ1v) is 3.64. The third-order valence-electron chi connectivity index (χ3n) is 1.47. The molecule has 0 fully saturated rings. The van der Waals surface area contributed by atoms with Crippen molar-refractivity contribution < 1.29 is 0 Å². The first-order valence-electron chi connectivity index (χ1n) is 3.64. The van der Waals surface area contributed by atoms with Crippen molar-refractivity contribution in [2.24, 2.45) is 0 Å². The van der Waals surface area contributed by atoms with Crippen molar-refractivity contribution in [2.75, 3.05) is 0 Å². The lowest BCUT2D eigenvalue weighted by molar-refractivity contribution is 1.39. The second-order valence-electron chi connectivity index (χ2n) is 2.01. The van der Waals surface area contributed by atoms with Gasteiger partial charge in [0.1, 0.15) is 0 Å². The molecule has 0 spiro atoms. The molecule has 0 unspecified atom stereocenters. The molecule has 1 rings (SSSR count). The summed E-state index contributed by atoms with van der Waals surface area (Å²) in [6.45, 7) is 8.30. The quantitative estimate of drug-likeness (QED) is 0.464. The van der Waals surface area contributed by atoms with Crippen LogP contribution in [0.1, 0.15) is 34.1 Å². The van der Waals surface area contributed by atoms with Crippen LogP contribution in [0.25, 0.3) is 0 Å². The van der Waals surface area contributed by atoms with E-state index < -0.39 is 0 Å². The number of allylic oxidation sites excluding steroid dienone is 4. The maximum absolute atomic E-state index is 2.25. The molecule has 1 aliphatic carbocycles. The Balaban J connectivity index is 0.000000291. The lowest BCUT2D eigenvalue weighted by Gasteiger charge is -1.87. The van der Waals surface area contributed by atoms with Crippen LogP contribution in [0.2, 0.25) is 0 Å². The van der Waals surface area contributed by atoms with E-state index in [2.05, 4.69) is 26.0 Å². The topological polar surface area (TPSA) is 0 Å². The fraction of sp³-hybridized carbons (Fsp3) is 0.556. The standard InChI is InChI=1S/C7H10.C2H6/c1-6-4-3-5-7(6)2;1-2/h4-5H,3H2,1-2H3;1-2H3. The Hall–Kier alpha value is -0.520. The minimum Gasteiger partial charge on any atom is -0.0775 e. The van der Waals surface area contributed by atoms with Gasteiger partial charge in [0.05, 0.1) is 0 Å². The van der Waals surface area contributed by atoms with E-state index in [4.69, 9.17) is 0 Å². The van der Waals surface area contributed by atoms with Crippen LogP contribution in [0.5, 0.6) is 0 Å². The maximum Gasteiger partial charge on any atom is -0.0158 e. The third kappa shape index (κ3) is 2.50. The predicted octanol–water partition coefficient (Wildman–Crippen LogP) is 3.31. The second kappa shape index (κ2) is 4.37. The molecule has 0 aromatic carbocycles. The zero-order chi connectivity index (χ0) is 7.28. The highest BCUT2D eigenvalue weighted by Crippen LogP contribution is 2.16. The van der Waals surface area contributed by atoms with E-state index in [0.29, 0.717) is 0 Å². The van der Waals surface area contributed by atoms with Gasteiger partial charge in [0.15, 0.2) is 0 Å². The van der Waals surface area contributed by atoms with Gasteiger partial charge in [-0.3, -0.25) is 0 Å². The normalized spacial score (nSPS) is 15.6. The fourth-order valence-electron chi connectivity index (χ4n) is 0.734. The van der Waals surface area contributed by atoms with E-state index in [0.717, 1.165) is 6.42 Å². The van der Waals surface area contributed by atoms with Gasteiger partial charge >= 0.3 is 0 Å². The van der Waals surface area contributed by atoms with Gasteiger partial charge in [0.25, 0.3) is 0 Å². The molecule has 0 amide bonds. The van der Waals surface area contributed by atoms with E-state index >= 15 is 0 Å². The molecule has 0 heterocycles. The van der Waals surface area contributed by atoms with Gasteiger partial charge in [-0.1, -0.05) is 37.1 Å². The molecular weight excluding hydrogens is 108 g/mol. The molecule has 0 heteroatoms. The average molecular weight is 124 g/mol. The van der Waals surface area contributed by atoms with E-state index in [-0.39, 0.29) is 0 Å². The zero-order valence-corrected chi connectivity index (χ0v) is 6.86. The Labute approximate surface area is 58.3 Å².